The Balaban J connectivity index is 1.23. The van der Waals surface area contributed by atoms with Gasteiger partial charge in [0.1, 0.15) is 35.5 Å². The number of aromatic amines is 2. The monoisotopic (exact) mass is 534 g/mol. The van der Waals surface area contributed by atoms with Gasteiger partial charge in [-0.3, -0.25) is 9.59 Å². The molecule has 2 aromatic heterocycles. The highest BCUT2D eigenvalue weighted by Crippen LogP contribution is 2.44. The summed E-state index contributed by atoms with van der Waals surface area (Å²) in [4.78, 5) is 36.9. The van der Waals surface area contributed by atoms with Crippen LogP contribution in [0, 0.1) is 0 Å². The van der Waals surface area contributed by atoms with E-state index in [1.807, 2.05) is 6.07 Å². The molecule has 0 radical (unpaired) electrons. The lowest BCUT2D eigenvalue weighted by atomic mass is 9.91. The first kappa shape index (κ1) is 23.0. The Morgan fingerprint density at radius 3 is 2.47 bits per heavy atom. The second-order valence-electron chi connectivity index (χ2n) is 9.03. The topological polar surface area (TPSA) is 101 Å². The Labute approximate surface area is 220 Å². The van der Waals surface area contributed by atoms with E-state index in [4.69, 9.17) is 4.74 Å². The number of nitrogens with zero attached hydrogens (tertiary/aromatic N) is 2. The molecule has 0 spiro atoms. The van der Waals surface area contributed by atoms with Crippen LogP contribution in [-0.4, -0.2) is 32.0 Å². The fourth-order valence-electron chi connectivity index (χ4n) is 5.05. The molecule has 0 saturated carbocycles. The highest BCUT2D eigenvalue weighted by atomic mass is 31.1. The molecule has 4 aromatic carbocycles. The van der Waals surface area contributed by atoms with E-state index < -0.39 is 0 Å². The van der Waals surface area contributed by atoms with Gasteiger partial charge in [0, 0.05) is 33.7 Å². The molecule has 3 heterocycles. The molecule has 2 atom stereocenters. The van der Waals surface area contributed by atoms with Crippen molar-refractivity contribution in [1.29, 1.82) is 0 Å². The van der Waals surface area contributed by atoms with Crippen molar-refractivity contribution >= 4 is 62.2 Å². The summed E-state index contributed by atoms with van der Waals surface area (Å²) < 4.78 is 6.33. The first-order valence-electron chi connectivity index (χ1n) is 12.0. The predicted molar refractivity (Wildman–Crippen MR) is 156 cm³/mol. The number of carbonyl (C=O) groups excluding carboxylic acids is 2. The van der Waals surface area contributed by atoms with E-state index in [0.717, 1.165) is 73.1 Å². The van der Waals surface area contributed by atoms with Gasteiger partial charge >= 0.3 is 0 Å². The van der Waals surface area contributed by atoms with E-state index in [9.17, 15) is 9.59 Å². The molecule has 0 bridgehead atoms. The Hall–Kier alpha value is -4.18. The zero-order chi connectivity index (χ0) is 25.6. The fraction of sp³-hybridized carbons (Fsp3) is 0.0345. The minimum absolute atomic E-state index is 0.0236. The van der Waals surface area contributed by atoms with Crippen molar-refractivity contribution in [1.82, 2.24) is 19.9 Å². The number of nitrogens with one attached hydrogen (secondary N) is 2. The van der Waals surface area contributed by atoms with E-state index in [0.29, 0.717) is 17.7 Å². The molecule has 9 heteroatoms. The van der Waals surface area contributed by atoms with E-state index in [-0.39, 0.29) is 17.2 Å². The summed E-state index contributed by atoms with van der Waals surface area (Å²) >= 11 is 0. The van der Waals surface area contributed by atoms with Crippen LogP contribution in [0.4, 0.5) is 0 Å². The van der Waals surface area contributed by atoms with E-state index in [2.05, 4.69) is 80.6 Å². The summed E-state index contributed by atoms with van der Waals surface area (Å²) in [5.41, 5.74) is 10.7. The van der Waals surface area contributed by atoms with E-state index >= 15 is 0 Å². The molecule has 6 aromatic rings. The quantitative estimate of drug-likeness (QED) is 0.223. The summed E-state index contributed by atoms with van der Waals surface area (Å²) in [6.07, 6.45) is 1.77. The molecular formula is C29H20N4O3P2. The molecule has 184 valence electrons. The second-order valence-corrected chi connectivity index (χ2v) is 11.0. The normalized spacial score (nSPS) is 12.8. The summed E-state index contributed by atoms with van der Waals surface area (Å²) in [6, 6.07) is 24.9. The predicted octanol–water partition coefficient (Wildman–Crippen LogP) is 5.32. The van der Waals surface area contributed by atoms with Crippen molar-refractivity contribution in [2.24, 2.45) is 0 Å². The van der Waals surface area contributed by atoms with Gasteiger partial charge in [-0.25, -0.2) is 9.97 Å². The van der Waals surface area contributed by atoms with Crippen LogP contribution in [0.15, 0.2) is 72.9 Å². The highest BCUT2D eigenvalue weighted by molar-refractivity contribution is 7.62. The number of hydrogen-bond acceptors (Lipinski definition) is 5. The summed E-state index contributed by atoms with van der Waals surface area (Å²) in [6.45, 7) is 0.491. The number of H-pyrrole nitrogens is 2. The standard InChI is InChI=1S/C29H20N4O3P2/c34-14-37-28-30-12-26(33-28)19-3-6-22-18(10-19)2-7-23-21-5-1-16(9-20(21)13-36-27(22)23)17-4-8-24-25(11-17)32-29(31-24)38-15-35/h1-12,14-15,37-38H,13H2,(H,30,33)(H,31,32). The molecule has 2 N–H and O–H groups in total. The second kappa shape index (κ2) is 9.29. The van der Waals surface area contributed by atoms with Gasteiger partial charge < -0.3 is 14.7 Å². The molecular weight excluding hydrogens is 514 g/mol. The number of aromatic nitrogens is 4. The lowest BCUT2D eigenvalue weighted by molar-refractivity contribution is 0.306. The minimum atomic E-state index is 0.0236. The van der Waals surface area contributed by atoms with Crippen molar-refractivity contribution < 1.29 is 14.3 Å². The summed E-state index contributed by atoms with van der Waals surface area (Å²) in [7, 11) is 0.0497. The van der Waals surface area contributed by atoms with Crippen molar-refractivity contribution in [3.63, 3.8) is 0 Å². The number of ether oxygens (including phenoxy) is 1. The zero-order valence-electron chi connectivity index (χ0n) is 19.9. The lowest BCUT2D eigenvalue weighted by Gasteiger charge is -2.23. The molecule has 0 saturated heterocycles. The Morgan fingerprint density at radius 2 is 1.58 bits per heavy atom. The van der Waals surface area contributed by atoms with Gasteiger partial charge in [-0.2, -0.15) is 0 Å². The first-order valence-corrected chi connectivity index (χ1v) is 14.1. The molecule has 7 rings (SSSR count). The molecule has 7 nitrogen and oxygen atoms in total. The van der Waals surface area contributed by atoms with Gasteiger partial charge in [-0.1, -0.05) is 36.4 Å². The lowest BCUT2D eigenvalue weighted by Crippen LogP contribution is -2.06. The molecule has 2 unspecified atom stereocenters. The van der Waals surface area contributed by atoms with Crippen LogP contribution in [0.3, 0.4) is 0 Å². The molecule has 0 aliphatic carbocycles. The largest absolute Gasteiger partial charge is 0.488 e. The number of hydrogen-bond donors (Lipinski definition) is 2. The van der Waals surface area contributed by atoms with Gasteiger partial charge in [0.15, 0.2) is 0 Å². The molecule has 1 aliphatic heterocycles. The average molecular weight is 534 g/mol. The number of imidazole rings is 2. The van der Waals surface area contributed by atoms with Crippen LogP contribution < -0.4 is 15.9 Å². The third-order valence-electron chi connectivity index (χ3n) is 6.83. The Morgan fingerprint density at radius 1 is 0.789 bits per heavy atom. The van der Waals surface area contributed by atoms with Crippen LogP contribution in [0.5, 0.6) is 5.75 Å². The van der Waals surface area contributed by atoms with E-state index in [1.165, 1.54) is 5.56 Å². The Kier molecular flexibility index (Phi) is 5.61. The molecule has 1 aliphatic rings. The van der Waals surface area contributed by atoms with Gasteiger partial charge in [0.05, 0.1) is 22.9 Å². The molecule has 0 amide bonds. The third-order valence-corrected chi connectivity index (χ3v) is 8.10. The maximum atomic E-state index is 10.9. The maximum absolute atomic E-state index is 10.9. The van der Waals surface area contributed by atoms with Crippen molar-refractivity contribution in [3.8, 4) is 39.3 Å². The van der Waals surface area contributed by atoms with Crippen molar-refractivity contribution in [3.05, 3.63) is 78.5 Å². The SMILES string of the molecule is O=CPc1ncc(-c2ccc3c4c(ccc3c2)-c2ccc(-c3ccc5nc(PC=O)[nH]c5c3)cc2CO4)[nH]1. The van der Waals surface area contributed by atoms with Gasteiger partial charge in [0.25, 0.3) is 0 Å². The van der Waals surface area contributed by atoms with Crippen LogP contribution in [0.2, 0.25) is 0 Å². The van der Waals surface area contributed by atoms with Crippen molar-refractivity contribution in [2.75, 3.05) is 0 Å². The van der Waals surface area contributed by atoms with Crippen LogP contribution >= 0.6 is 17.2 Å². The fourth-order valence-corrected chi connectivity index (χ4v) is 6.01. The number of fused-ring (bicyclic) bond motifs is 6. The summed E-state index contributed by atoms with van der Waals surface area (Å²) in [5.74, 6) is 0.893. The highest BCUT2D eigenvalue weighted by Gasteiger charge is 2.21. The Bertz CT molecular complexity index is 1890. The third kappa shape index (κ3) is 3.92. The summed E-state index contributed by atoms with van der Waals surface area (Å²) in [5, 5.41) is 2.14. The molecule has 0 fully saturated rings. The van der Waals surface area contributed by atoms with Crippen molar-refractivity contribution in [2.45, 2.75) is 6.61 Å². The number of rotatable bonds is 6. The van der Waals surface area contributed by atoms with Gasteiger partial charge in [-0.05, 0) is 58.0 Å². The van der Waals surface area contributed by atoms with Gasteiger partial charge in [-0.15, -0.1) is 0 Å². The smallest absolute Gasteiger partial charge is 0.146 e. The average Bonchev–Trinajstić information content (AvgIpc) is 3.58. The zero-order valence-corrected chi connectivity index (χ0v) is 21.9. The first-order chi connectivity index (χ1) is 18.7. The molecule has 38 heavy (non-hydrogen) atoms. The number of carbonyl (C=O) groups is 2. The van der Waals surface area contributed by atoms with Crippen LogP contribution in [-0.2, 0) is 16.2 Å². The van der Waals surface area contributed by atoms with Crippen LogP contribution in [0.25, 0.3) is 55.3 Å². The number of benzene rings is 4. The maximum Gasteiger partial charge on any atom is 0.146 e. The minimum Gasteiger partial charge on any atom is -0.488 e. The van der Waals surface area contributed by atoms with E-state index in [1.54, 1.807) is 6.20 Å². The van der Waals surface area contributed by atoms with Crippen LogP contribution in [0.1, 0.15) is 5.56 Å². The van der Waals surface area contributed by atoms with Gasteiger partial charge in [0.2, 0.25) is 0 Å².